The summed E-state index contributed by atoms with van der Waals surface area (Å²) in [6.07, 6.45) is 1.67. The standard InChI is InChI=1S/C16H14N2OS/c17-16(20)14-7-8-15(13-6-2-1-5-12(13)14)18-10-11-4-3-9-19-11/h1-9,18H,10H2,(H2,17,20). The number of nitrogens with two attached hydrogens (primary N) is 1. The molecule has 3 N–H and O–H groups in total. The normalized spacial score (nSPS) is 10.6. The summed E-state index contributed by atoms with van der Waals surface area (Å²) in [5, 5.41) is 5.54. The Morgan fingerprint density at radius 2 is 1.85 bits per heavy atom. The van der Waals surface area contributed by atoms with Crippen LogP contribution < -0.4 is 11.1 Å². The van der Waals surface area contributed by atoms with Crippen molar-refractivity contribution < 1.29 is 4.42 Å². The molecule has 3 nitrogen and oxygen atoms in total. The van der Waals surface area contributed by atoms with Crippen LogP contribution in [0.3, 0.4) is 0 Å². The minimum absolute atomic E-state index is 0.416. The fourth-order valence-electron chi connectivity index (χ4n) is 2.26. The molecular formula is C16H14N2OS. The molecule has 0 aliphatic carbocycles. The summed E-state index contributed by atoms with van der Waals surface area (Å²) < 4.78 is 5.33. The molecule has 0 aliphatic heterocycles. The third kappa shape index (κ3) is 2.38. The number of benzene rings is 2. The zero-order chi connectivity index (χ0) is 13.9. The molecule has 1 heterocycles. The summed E-state index contributed by atoms with van der Waals surface area (Å²) in [6, 6.07) is 15.9. The Hall–Kier alpha value is -2.33. The SMILES string of the molecule is NC(=S)c1ccc(NCc2ccco2)c2ccccc12. The van der Waals surface area contributed by atoms with E-state index in [9.17, 15) is 0 Å². The molecule has 3 rings (SSSR count). The Morgan fingerprint density at radius 3 is 2.55 bits per heavy atom. The highest BCUT2D eigenvalue weighted by Gasteiger charge is 2.07. The van der Waals surface area contributed by atoms with Gasteiger partial charge in [0, 0.05) is 16.6 Å². The second-order valence-electron chi connectivity index (χ2n) is 4.50. The van der Waals surface area contributed by atoms with E-state index in [0.717, 1.165) is 27.8 Å². The van der Waals surface area contributed by atoms with Crippen LogP contribution in [0.15, 0.2) is 59.2 Å². The van der Waals surface area contributed by atoms with Gasteiger partial charge in [0.05, 0.1) is 12.8 Å². The van der Waals surface area contributed by atoms with Gasteiger partial charge in [0.1, 0.15) is 10.7 Å². The second kappa shape index (κ2) is 5.35. The average molecular weight is 282 g/mol. The summed E-state index contributed by atoms with van der Waals surface area (Å²) in [4.78, 5) is 0.416. The van der Waals surface area contributed by atoms with E-state index in [1.54, 1.807) is 6.26 Å². The van der Waals surface area contributed by atoms with Crippen molar-refractivity contribution >= 4 is 33.7 Å². The van der Waals surface area contributed by atoms with E-state index in [4.69, 9.17) is 22.4 Å². The van der Waals surface area contributed by atoms with Crippen molar-refractivity contribution in [3.8, 4) is 0 Å². The van der Waals surface area contributed by atoms with Gasteiger partial charge in [-0.1, -0.05) is 36.5 Å². The lowest BCUT2D eigenvalue weighted by Crippen LogP contribution is -2.10. The maximum absolute atomic E-state index is 5.78. The molecule has 20 heavy (non-hydrogen) atoms. The maximum Gasteiger partial charge on any atom is 0.122 e. The molecule has 0 amide bonds. The molecule has 4 heteroatoms. The molecule has 100 valence electrons. The van der Waals surface area contributed by atoms with Gasteiger partial charge >= 0.3 is 0 Å². The second-order valence-corrected chi connectivity index (χ2v) is 4.94. The monoisotopic (exact) mass is 282 g/mol. The van der Waals surface area contributed by atoms with Crippen LogP contribution in [0, 0.1) is 0 Å². The highest BCUT2D eigenvalue weighted by molar-refractivity contribution is 7.80. The van der Waals surface area contributed by atoms with Crippen molar-refractivity contribution in [1.29, 1.82) is 0 Å². The van der Waals surface area contributed by atoms with Crippen LogP contribution in [0.5, 0.6) is 0 Å². The van der Waals surface area contributed by atoms with Gasteiger partial charge < -0.3 is 15.5 Å². The van der Waals surface area contributed by atoms with E-state index in [-0.39, 0.29) is 0 Å². The van der Waals surface area contributed by atoms with Gasteiger partial charge in [-0.15, -0.1) is 0 Å². The van der Waals surface area contributed by atoms with Crippen molar-refractivity contribution in [2.45, 2.75) is 6.54 Å². The largest absolute Gasteiger partial charge is 0.467 e. The van der Waals surface area contributed by atoms with Crippen LogP contribution in [0.25, 0.3) is 10.8 Å². The fraction of sp³-hybridized carbons (Fsp3) is 0.0625. The third-order valence-electron chi connectivity index (χ3n) is 3.22. The molecule has 1 aromatic heterocycles. The fourth-order valence-corrected chi connectivity index (χ4v) is 2.44. The Bertz CT molecular complexity index is 750. The van der Waals surface area contributed by atoms with Crippen LogP contribution in [-0.2, 0) is 6.54 Å². The first-order valence-corrected chi connectivity index (χ1v) is 6.74. The number of anilines is 1. The average Bonchev–Trinajstić information content (AvgIpc) is 2.97. The van der Waals surface area contributed by atoms with Crippen molar-refractivity contribution in [3.63, 3.8) is 0 Å². The molecule has 0 bridgehead atoms. The van der Waals surface area contributed by atoms with Gasteiger partial charge in [0.2, 0.25) is 0 Å². The van der Waals surface area contributed by atoms with Gasteiger partial charge in [-0.2, -0.15) is 0 Å². The Labute approximate surface area is 122 Å². The number of furan rings is 1. The van der Waals surface area contributed by atoms with Crippen LogP contribution in [0.4, 0.5) is 5.69 Å². The minimum atomic E-state index is 0.416. The Balaban J connectivity index is 1.99. The first-order chi connectivity index (χ1) is 9.75. The van der Waals surface area contributed by atoms with Gasteiger partial charge in [-0.05, 0) is 29.7 Å². The number of nitrogens with one attached hydrogen (secondary N) is 1. The number of rotatable bonds is 4. The lowest BCUT2D eigenvalue weighted by atomic mass is 10.0. The molecule has 0 atom stereocenters. The van der Waals surface area contributed by atoms with Crippen LogP contribution >= 0.6 is 12.2 Å². The highest BCUT2D eigenvalue weighted by Crippen LogP contribution is 2.27. The number of thiocarbonyl (C=S) groups is 1. The van der Waals surface area contributed by atoms with Crippen LogP contribution in [0.2, 0.25) is 0 Å². The zero-order valence-electron chi connectivity index (χ0n) is 10.8. The topological polar surface area (TPSA) is 51.2 Å². The number of fused-ring (bicyclic) bond motifs is 1. The zero-order valence-corrected chi connectivity index (χ0v) is 11.6. The van der Waals surface area contributed by atoms with Crippen molar-refractivity contribution in [3.05, 3.63) is 66.1 Å². The first kappa shape index (κ1) is 12.7. The molecule has 0 saturated carbocycles. The van der Waals surface area contributed by atoms with E-state index >= 15 is 0 Å². The smallest absolute Gasteiger partial charge is 0.122 e. The molecule has 0 saturated heterocycles. The van der Waals surface area contributed by atoms with Gasteiger partial charge in [-0.25, -0.2) is 0 Å². The quantitative estimate of drug-likeness (QED) is 0.717. The van der Waals surface area contributed by atoms with Gasteiger partial charge in [0.15, 0.2) is 0 Å². The molecule has 2 aromatic carbocycles. The molecule has 0 aliphatic rings. The molecular weight excluding hydrogens is 268 g/mol. The van der Waals surface area contributed by atoms with E-state index in [0.29, 0.717) is 11.5 Å². The predicted molar refractivity (Wildman–Crippen MR) is 85.9 cm³/mol. The number of hydrogen-bond acceptors (Lipinski definition) is 3. The summed E-state index contributed by atoms with van der Waals surface area (Å²) in [6.45, 7) is 0.642. The summed E-state index contributed by atoms with van der Waals surface area (Å²) in [7, 11) is 0. The molecule has 0 radical (unpaired) electrons. The van der Waals surface area contributed by atoms with Gasteiger partial charge in [-0.3, -0.25) is 0 Å². The molecule has 0 unspecified atom stereocenters. The van der Waals surface area contributed by atoms with Crippen molar-refractivity contribution in [1.82, 2.24) is 0 Å². The predicted octanol–water partition coefficient (Wildman–Crippen LogP) is 3.68. The molecule has 0 fully saturated rings. The van der Waals surface area contributed by atoms with Crippen molar-refractivity contribution in [2.24, 2.45) is 5.73 Å². The van der Waals surface area contributed by atoms with Crippen molar-refractivity contribution in [2.75, 3.05) is 5.32 Å². The van der Waals surface area contributed by atoms with Gasteiger partial charge in [0.25, 0.3) is 0 Å². The number of hydrogen-bond donors (Lipinski definition) is 2. The van der Waals surface area contributed by atoms with Crippen LogP contribution in [0.1, 0.15) is 11.3 Å². The third-order valence-corrected chi connectivity index (χ3v) is 3.44. The minimum Gasteiger partial charge on any atom is -0.467 e. The van der Waals surface area contributed by atoms with E-state index in [1.807, 2.05) is 42.5 Å². The van der Waals surface area contributed by atoms with Crippen LogP contribution in [-0.4, -0.2) is 4.99 Å². The Morgan fingerprint density at radius 1 is 1.05 bits per heavy atom. The highest BCUT2D eigenvalue weighted by atomic mass is 32.1. The summed E-state index contributed by atoms with van der Waals surface area (Å²) in [5.41, 5.74) is 7.72. The maximum atomic E-state index is 5.78. The Kier molecular flexibility index (Phi) is 3.39. The van der Waals surface area contributed by atoms with E-state index in [2.05, 4.69) is 11.4 Å². The molecule has 0 spiro atoms. The molecule has 3 aromatic rings. The summed E-state index contributed by atoms with van der Waals surface area (Å²) in [5.74, 6) is 0.896. The summed E-state index contributed by atoms with van der Waals surface area (Å²) >= 11 is 5.10. The van der Waals surface area contributed by atoms with E-state index < -0.39 is 0 Å². The first-order valence-electron chi connectivity index (χ1n) is 6.33. The lowest BCUT2D eigenvalue weighted by Gasteiger charge is -2.11. The van der Waals surface area contributed by atoms with E-state index in [1.165, 1.54) is 0 Å². The lowest BCUT2D eigenvalue weighted by molar-refractivity contribution is 0.518.